The Morgan fingerprint density at radius 3 is 2.59 bits per heavy atom. The summed E-state index contributed by atoms with van der Waals surface area (Å²) in [5.74, 6) is -0.313. The van der Waals surface area contributed by atoms with Crippen molar-refractivity contribution in [2.45, 2.75) is 12.7 Å². The Bertz CT molecular complexity index is 648. The van der Waals surface area contributed by atoms with Crippen LogP contribution in [0.4, 0.5) is 13.2 Å². The molecule has 7 heteroatoms. The second-order valence-corrected chi connectivity index (χ2v) is 4.50. The number of carbonyl (C=O) groups is 1. The first-order valence-corrected chi connectivity index (χ1v) is 6.57. The van der Waals surface area contributed by atoms with Crippen LogP contribution >= 0.6 is 0 Å². The minimum absolute atomic E-state index is 0.168. The van der Waals surface area contributed by atoms with Crippen molar-refractivity contribution < 1.29 is 18.0 Å². The third kappa shape index (κ3) is 4.76. The molecule has 0 aliphatic carbocycles. The quantitative estimate of drug-likeness (QED) is 0.863. The van der Waals surface area contributed by atoms with Crippen LogP contribution in [0, 0.1) is 0 Å². The highest BCUT2D eigenvalue weighted by atomic mass is 19.4. The monoisotopic (exact) mass is 309 g/mol. The fourth-order valence-electron chi connectivity index (χ4n) is 1.73. The molecule has 0 atom stereocenters. The van der Waals surface area contributed by atoms with Crippen molar-refractivity contribution in [1.82, 2.24) is 15.1 Å². The highest BCUT2D eigenvalue weighted by Crippen LogP contribution is 2.27. The predicted molar refractivity (Wildman–Crippen MR) is 75.7 cm³/mol. The van der Waals surface area contributed by atoms with Gasteiger partial charge in [0.2, 0.25) is 5.91 Å². The minimum Gasteiger partial charge on any atom is -0.351 e. The number of halogens is 3. The highest BCUT2D eigenvalue weighted by Gasteiger charge is 2.33. The maximum Gasteiger partial charge on any atom is 0.435 e. The van der Waals surface area contributed by atoms with Gasteiger partial charge in [-0.25, -0.2) is 0 Å². The molecular weight excluding hydrogens is 295 g/mol. The SMILES string of the molecule is O=C(/C=C/c1ccccc1)NCCn1ccc(C(F)(F)F)n1. The summed E-state index contributed by atoms with van der Waals surface area (Å²) in [6.07, 6.45) is -0.188. The van der Waals surface area contributed by atoms with Gasteiger partial charge in [0.1, 0.15) is 0 Å². The molecule has 22 heavy (non-hydrogen) atoms. The van der Waals surface area contributed by atoms with Gasteiger partial charge in [-0.2, -0.15) is 18.3 Å². The second-order valence-electron chi connectivity index (χ2n) is 4.50. The van der Waals surface area contributed by atoms with Crippen molar-refractivity contribution in [1.29, 1.82) is 0 Å². The molecular formula is C15H14F3N3O. The summed E-state index contributed by atoms with van der Waals surface area (Å²) in [6, 6.07) is 10.2. The van der Waals surface area contributed by atoms with Gasteiger partial charge >= 0.3 is 6.18 Å². The summed E-state index contributed by atoms with van der Waals surface area (Å²) < 4.78 is 38.2. The van der Waals surface area contributed by atoms with E-state index in [1.807, 2.05) is 30.3 Å². The third-order valence-corrected chi connectivity index (χ3v) is 2.80. The van der Waals surface area contributed by atoms with E-state index in [0.717, 1.165) is 16.3 Å². The lowest BCUT2D eigenvalue weighted by atomic mass is 10.2. The van der Waals surface area contributed by atoms with Crippen molar-refractivity contribution in [3.63, 3.8) is 0 Å². The van der Waals surface area contributed by atoms with Gasteiger partial charge in [-0.15, -0.1) is 0 Å². The van der Waals surface area contributed by atoms with Crippen LogP contribution in [0.3, 0.4) is 0 Å². The van der Waals surface area contributed by atoms with E-state index in [1.165, 1.54) is 12.3 Å². The number of nitrogens with zero attached hydrogens (tertiary/aromatic N) is 2. The van der Waals surface area contributed by atoms with Crippen molar-refractivity contribution in [2.24, 2.45) is 0 Å². The van der Waals surface area contributed by atoms with Gasteiger partial charge in [-0.1, -0.05) is 30.3 Å². The summed E-state index contributed by atoms with van der Waals surface area (Å²) in [7, 11) is 0. The van der Waals surface area contributed by atoms with E-state index in [0.29, 0.717) is 0 Å². The van der Waals surface area contributed by atoms with Crippen molar-refractivity contribution >= 4 is 12.0 Å². The molecule has 0 aliphatic heterocycles. The molecule has 0 bridgehead atoms. The fraction of sp³-hybridized carbons (Fsp3) is 0.200. The number of aromatic nitrogens is 2. The molecule has 0 spiro atoms. The average Bonchev–Trinajstić information content (AvgIpc) is 2.95. The van der Waals surface area contributed by atoms with Gasteiger partial charge in [0.15, 0.2) is 5.69 Å². The predicted octanol–water partition coefficient (Wildman–Crippen LogP) is 2.73. The summed E-state index contributed by atoms with van der Waals surface area (Å²) in [5, 5.41) is 5.98. The van der Waals surface area contributed by atoms with Crippen molar-refractivity contribution in [3.8, 4) is 0 Å². The number of carbonyl (C=O) groups excluding carboxylic acids is 1. The smallest absolute Gasteiger partial charge is 0.351 e. The topological polar surface area (TPSA) is 46.9 Å². The van der Waals surface area contributed by atoms with Gasteiger partial charge in [-0.3, -0.25) is 9.48 Å². The lowest BCUT2D eigenvalue weighted by molar-refractivity contribution is -0.141. The van der Waals surface area contributed by atoms with Crippen molar-refractivity contribution in [2.75, 3.05) is 6.54 Å². The molecule has 1 aromatic carbocycles. The number of benzene rings is 1. The first-order chi connectivity index (χ1) is 10.4. The first kappa shape index (κ1) is 15.8. The fourth-order valence-corrected chi connectivity index (χ4v) is 1.73. The molecule has 0 saturated heterocycles. The molecule has 2 aromatic rings. The Morgan fingerprint density at radius 2 is 1.95 bits per heavy atom. The number of hydrogen-bond acceptors (Lipinski definition) is 2. The third-order valence-electron chi connectivity index (χ3n) is 2.80. The molecule has 1 aromatic heterocycles. The van der Waals surface area contributed by atoms with E-state index >= 15 is 0 Å². The Balaban J connectivity index is 1.78. The molecule has 116 valence electrons. The zero-order chi connectivity index (χ0) is 16.0. The van der Waals surface area contributed by atoms with Crippen LogP contribution in [0.25, 0.3) is 6.08 Å². The van der Waals surface area contributed by atoms with E-state index in [-0.39, 0.29) is 19.0 Å². The molecule has 0 fully saturated rings. The Kier molecular flexibility index (Phi) is 4.98. The Morgan fingerprint density at radius 1 is 1.23 bits per heavy atom. The molecule has 1 heterocycles. The molecule has 0 radical (unpaired) electrons. The van der Waals surface area contributed by atoms with Gasteiger partial charge < -0.3 is 5.32 Å². The van der Waals surface area contributed by atoms with E-state index in [1.54, 1.807) is 6.08 Å². The zero-order valence-corrected chi connectivity index (χ0v) is 11.5. The number of amides is 1. The lowest BCUT2D eigenvalue weighted by Crippen LogP contribution is -2.25. The van der Waals surface area contributed by atoms with Crippen molar-refractivity contribution in [3.05, 3.63) is 59.9 Å². The van der Waals surface area contributed by atoms with Crippen LogP contribution in [-0.4, -0.2) is 22.2 Å². The molecule has 0 unspecified atom stereocenters. The number of nitrogens with one attached hydrogen (secondary N) is 1. The molecule has 1 amide bonds. The Labute approximate surface area is 125 Å². The number of rotatable bonds is 5. The number of hydrogen-bond donors (Lipinski definition) is 1. The van der Waals surface area contributed by atoms with E-state index < -0.39 is 11.9 Å². The minimum atomic E-state index is -4.45. The van der Waals surface area contributed by atoms with Crippen LogP contribution in [-0.2, 0) is 17.5 Å². The van der Waals surface area contributed by atoms with Crippen LogP contribution in [0.2, 0.25) is 0 Å². The maximum absolute atomic E-state index is 12.4. The average molecular weight is 309 g/mol. The molecule has 4 nitrogen and oxygen atoms in total. The molecule has 0 saturated carbocycles. The van der Waals surface area contributed by atoms with Gasteiger partial charge in [-0.05, 0) is 17.7 Å². The lowest BCUT2D eigenvalue weighted by Gasteiger charge is -2.04. The Hall–Kier alpha value is -2.57. The van der Waals surface area contributed by atoms with Gasteiger partial charge in [0.25, 0.3) is 0 Å². The van der Waals surface area contributed by atoms with Crippen LogP contribution < -0.4 is 5.32 Å². The zero-order valence-electron chi connectivity index (χ0n) is 11.5. The molecule has 2 rings (SSSR count). The number of alkyl halides is 3. The largest absolute Gasteiger partial charge is 0.435 e. The van der Waals surface area contributed by atoms with Gasteiger partial charge in [0, 0.05) is 18.8 Å². The standard InChI is InChI=1S/C15H14F3N3O/c16-15(17,18)13-8-10-21(20-13)11-9-19-14(22)7-6-12-4-2-1-3-5-12/h1-8,10H,9,11H2,(H,19,22)/b7-6+. The van der Waals surface area contributed by atoms with E-state index in [4.69, 9.17) is 0 Å². The highest BCUT2D eigenvalue weighted by molar-refractivity contribution is 5.91. The molecule has 1 N–H and O–H groups in total. The summed E-state index contributed by atoms with van der Waals surface area (Å²) in [6.45, 7) is 0.359. The summed E-state index contributed by atoms with van der Waals surface area (Å²) in [4.78, 5) is 11.6. The summed E-state index contributed by atoms with van der Waals surface area (Å²) in [5.41, 5.74) is -0.0534. The normalized spacial score (nSPS) is 11.8. The first-order valence-electron chi connectivity index (χ1n) is 6.57. The summed E-state index contributed by atoms with van der Waals surface area (Å²) >= 11 is 0. The van der Waals surface area contributed by atoms with E-state index in [2.05, 4.69) is 10.4 Å². The van der Waals surface area contributed by atoms with Crippen LogP contribution in [0.1, 0.15) is 11.3 Å². The molecule has 0 aliphatic rings. The van der Waals surface area contributed by atoms with E-state index in [9.17, 15) is 18.0 Å². The second kappa shape index (κ2) is 6.93. The van der Waals surface area contributed by atoms with Gasteiger partial charge in [0.05, 0.1) is 6.54 Å². The maximum atomic E-state index is 12.4. The van der Waals surface area contributed by atoms with Crippen LogP contribution in [0.15, 0.2) is 48.7 Å². The van der Waals surface area contributed by atoms with Crippen LogP contribution in [0.5, 0.6) is 0 Å².